The number of hydrogen-bond acceptors (Lipinski definition) is 2. The van der Waals surface area contributed by atoms with Crippen LogP contribution in [0.3, 0.4) is 0 Å². The van der Waals surface area contributed by atoms with Crippen molar-refractivity contribution in [3.05, 3.63) is 95.3 Å². The van der Waals surface area contributed by atoms with Gasteiger partial charge in [0.1, 0.15) is 0 Å². The number of benzene rings is 2. The Hall–Kier alpha value is -2.94. The van der Waals surface area contributed by atoms with Gasteiger partial charge in [-0.3, -0.25) is 9.78 Å². The molecule has 2 aromatic carbocycles. The van der Waals surface area contributed by atoms with Crippen LogP contribution in [0.5, 0.6) is 0 Å². The van der Waals surface area contributed by atoms with Crippen LogP contribution in [0.4, 0.5) is 5.69 Å². The van der Waals surface area contributed by atoms with E-state index in [0.717, 1.165) is 23.2 Å². The first kappa shape index (κ1) is 16.9. The quantitative estimate of drug-likeness (QED) is 0.673. The van der Waals surface area contributed by atoms with Crippen molar-refractivity contribution in [1.29, 1.82) is 0 Å². The lowest BCUT2D eigenvalue weighted by Crippen LogP contribution is -2.31. The molecule has 0 aliphatic rings. The second-order valence-electron chi connectivity index (χ2n) is 6.05. The van der Waals surface area contributed by atoms with Crippen LogP contribution >= 0.6 is 0 Å². The zero-order chi connectivity index (χ0) is 17.6. The van der Waals surface area contributed by atoms with Crippen LogP contribution in [0.15, 0.2) is 73.1 Å². The van der Waals surface area contributed by atoms with E-state index in [2.05, 4.69) is 18.0 Å². The molecular formula is C22H22N2O. The van der Waals surface area contributed by atoms with Gasteiger partial charge in [-0.2, -0.15) is 0 Å². The fraction of sp³-hybridized carbons (Fsp3) is 0.182. The summed E-state index contributed by atoms with van der Waals surface area (Å²) in [5.41, 5.74) is 4.82. The summed E-state index contributed by atoms with van der Waals surface area (Å²) in [5, 5.41) is 0. The van der Waals surface area contributed by atoms with Gasteiger partial charge >= 0.3 is 0 Å². The number of nitrogens with zero attached hydrogens (tertiary/aromatic N) is 2. The first-order valence-electron chi connectivity index (χ1n) is 8.55. The molecule has 3 rings (SSSR count). The highest BCUT2D eigenvalue weighted by atomic mass is 16.2. The molecule has 1 amide bonds. The van der Waals surface area contributed by atoms with E-state index < -0.39 is 0 Å². The lowest BCUT2D eigenvalue weighted by molar-refractivity contribution is 0.0984. The van der Waals surface area contributed by atoms with E-state index in [4.69, 9.17) is 0 Å². The summed E-state index contributed by atoms with van der Waals surface area (Å²) < 4.78 is 0. The molecule has 3 aromatic rings. The Kier molecular flexibility index (Phi) is 5.24. The number of amides is 1. The third kappa shape index (κ3) is 3.77. The molecule has 0 N–H and O–H groups in total. The summed E-state index contributed by atoms with van der Waals surface area (Å²) in [7, 11) is 0. The van der Waals surface area contributed by atoms with E-state index in [0.29, 0.717) is 12.1 Å². The lowest BCUT2D eigenvalue weighted by Gasteiger charge is -2.26. The van der Waals surface area contributed by atoms with Crippen molar-refractivity contribution in [2.24, 2.45) is 0 Å². The normalized spacial score (nSPS) is 10.5. The number of hydrogen-bond donors (Lipinski definition) is 0. The fourth-order valence-corrected chi connectivity index (χ4v) is 2.96. The van der Waals surface area contributed by atoms with Gasteiger partial charge in [0.25, 0.3) is 5.91 Å². The average molecular weight is 330 g/mol. The maximum atomic E-state index is 13.3. The molecule has 0 saturated carbocycles. The van der Waals surface area contributed by atoms with E-state index >= 15 is 0 Å². The Bertz CT molecular complexity index is 859. The second-order valence-corrected chi connectivity index (χ2v) is 6.05. The van der Waals surface area contributed by atoms with Crippen LogP contribution in [-0.2, 0) is 13.0 Å². The minimum Gasteiger partial charge on any atom is -0.304 e. The van der Waals surface area contributed by atoms with Crippen molar-refractivity contribution >= 4 is 11.6 Å². The molecule has 25 heavy (non-hydrogen) atoms. The Labute approximate surface area is 149 Å². The highest BCUT2D eigenvalue weighted by Crippen LogP contribution is 2.25. The molecule has 0 spiro atoms. The second kappa shape index (κ2) is 7.75. The topological polar surface area (TPSA) is 33.2 Å². The largest absolute Gasteiger partial charge is 0.304 e. The highest BCUT2D eigenvalue weighted by molar-refractivity contribution is 6.07. The summed E-state index contributed by atoms with van der Waals surface area (Å²) in [6.45, 7) is 4.58. The van der Waals surface area contributed by atoms with Gasteiger partial charge in [-0.15, -0.1) is 0 Å². The van der Waals surface area contributed by atoms with Gasteiger partial charge in [-0.25, -0.2) is 0 Å². The van der Waals surface area contributed by atoms with Crippen LogP contribution in [0.25, 0.3) is 0 Å². The van der Waals surface area contributed by atoms with Crippen molar-refractivity contribution in [1.82, 2.24) is 4.98 Å². The smallest absolute Gasteiger partial charge is 0.258 e. The van der Waals surface area contributed by atoms with Crippen LogP contribution in [-0.4, -0.2) is 10.9 Å². The van der Waals surface area contributed by atoms with E-state index in [1.807, 2.05) is 60.4 Å². The first-order valence-corrected chi connectivity index (χ1v) is 8.55. The van der Waals surface area contributed by atoms with E-state index in [9.17, 15) is 4.79 Å². The third-order valence-electron chi connectivity index (χ3n) is 4.34. The monoisotopic (exact) mass is 330 g/mol. The molecular weight excluding hydrogens is 308 g/mol. The van der Waals surface area contributed by atoms with Crippen molar-refractivity contribution in [2.75, 3.05) is 4.90 Å². The van der Waals surface area contributed by atoms with E-state index in [1.165, 1.54) is 5.56 Å². The molecule has 126 valence electrons. The van der Waals surface area contributed by atoms with Crippen LogP contribution in [0.1, 0.15) is 34.0 Å². The molecule has 0 atom stereocenters. The number of para-hydroxylation sites is 1. The molecule has 0 bridgehead atoms. The summed E-state index contributed by atoms with van der Waals surface area (Å²) in [6.07, 6.45) is 4.29. The molecule has 3 nitrogen and oxygen atoms in total. The molecule has 0 aliphatic carbocycles. The number of aromatic nitrogens is 1. The van der Waals surface area contributed by atoms with Gasteiger partial charge in [0, 0.05) is 23.6 Å². The average Bonchev–Trinajstić information content (AvgIpc) is 2.67. The summed E-state index contributed by atoms with van der Waals surface area (Å²) >= 11 is 0. The first-order chi connectivity index (χ1) is 12.2. The molecule has 0 fully saturated rings. The number of carbonyl (C=O) groups excluding carboxylic acids is 1. The summed E-state index contributed by atoms with van der Waals surface area (Å²) in [6, 6.07) is 20.0. The minimum absolute atomic E-state index is 0.00431. The fourth-order valence-electron chi connectivity index (χ4n) is 2.96. The molecule has 3 heteroatoms. The SMILES string of the molecule is CCc1ccccc1N(Cc1ccccc1)C(=O)c1ccncc1C. The van der Waals surface area contributed by atoms with Crippen LogP contribution < -0.4 is 4.90 Å². The maximum Gasteiger partial charge on any atom is 0.258 e. The Morgan fingerprint density at radius 3 is 2.44 bits per heavy atom. The van der Waals surface area contributed by atoms with Crippen molar-refractivity contribution in [3.8, 4) is 0 Å². The lowest BCUT2D eigenvalue weighted by atomic mass is 10.1. The van der Waals surface area contributed by atoms with Gasteiger partial charge in [0.2, 0.25) is 0 Å². The molecule has 0 aliphatic heterocycles. The summed E-state index contributed by atoms with van der Waals surface area (Å²) in [5.74, 6) is 0.00431. The van der Waals surface area contributed by atoms with E-state index in [-0.39, 0.29) is 5.91 Å². The molecule has 0 radical (unpaired) electrons. The molecule has 0 saturated heterocycles. The van der Waals surface area contributed by atoms with Gasteiger partial charge in [-0.05, 0) is 42.2 Å². The van der Waals surface area contributed by atoms with Gasteiger partial charge in [0.05, 0.1) is 6.54 Å². The Morgan fingerprint density at radius 2 is 1.72 bits per heavy atom. The predicted octanol–water partition coefficient (Wildman–Crippen LogP) is 4.80. The maximum absolute atomic E-state index is 13.3. The zero-order valence-electron chi connectivity index (χ0n) is 14.6. The van der Waals surface area contributed by atoms with Crippen molar-refractivity contribution < 1.29 is 4.79 Å². The van der Waals surface area contributed by atoms with Crippen molar-refractivity contribution in [2.45, 2.75) is 26.8 Å². The molecule has 1 heterocycles. The van der Waals surface area contributed by atoms with Crippen molar-refractivity contribution in [3.63, 3.8) is 0 Å². The predicted molar refractivity (Wildman–Crippen MR) is 102 cm³/mol. The number of aryl methyl sites for hydroxylation is 2. The summed E-state index contributed by atoms with van der Waals surface area (Å²) in [4.78, 5) is 19.3. The number of pyridine rings is 1. The third-order valence-corrected chi connectivity index (χ3v) is 4.34. The standard InChI is InChI=1S/C22H22N2O/c1-3-19-11-7-8-12-21(19)24(16-18-9-5-4-6-10-18)22(25)20-13-14-23-15-17(20)2/h4-15H,3,16H2,1-2H3. The minimum atomic E-state index is 0.00431. The Morgan fingerprint density at radius 1 is 1.00 bits per heavy atom. The van der Waals surface area contributed by atoms with Gasteiger partial charge in [-0.1, -0.05) is 55.5 Å². The van der Waals surface area contributed by atoms with E-state index in [1.54, 1.807) is 18.5 Å². The van der Waals surface area contributed by atoms with Gasteiger partial charge in [0.15, 0.2) is 0 Å². The van der Waals surface area contributed by atoms with Crippen LogP contribution in [0, 0.1) is 6.92 Å². The molecule has 0 unspecified atom stereocenters. The number of anilines is 1. The van der Waals surface area contributed by atoms with Crippen LogP contribution in [0.2, 0.25) is 0 Å². The molecule has 1 aromatic heterocycles. The Balaban J connectivity index is 2.05. The number of rotatable bonds is 5. The van der Waals surface area contributed by atoms with Gasteiger partial charge < -0.3 is 4.90 Å². The highest BCUT2D eigenvalue weighted by Gasteiger charge is 2.21. The number of carbonyl (C=O) groups is 1. The zero-order valence-corrected chi connectivity index (χ0v) is 14.6.